The van der Waals surface area contributed by atoms with E-state index in [0.717, 1.165) is 9.80 Å². The van der Waals surface area contributed by atoms with Crippen LogP contribution in [0.4, 0.5) is 0 Å². The Balaban J connectivity index is 3.06. The molecule has 0 spiro atoms. The minimum Gasteiger partial charge on any atom is -0.480 e. The van der Waals surface area contributed by atoms with Gasteiger partial charge in [-0.2, -0.15) is 0 Å². The quantitative estimate of drug-likeness (QED) is 0.865. The van der Waals surface area contributed by atoms with Gasteiger partial charge in [-0.3, -0.25) is 4.79 Å². The number of halogens is 1. The molecule has 1 unspecified atom stereocenters. The van der Waals surface area contributed by atoms with Gasteiger partial charge in [-0.1, -0.05) is 11.6 Å². The van der Waals surface area contributed by atoms with Crippen molar-refractivity contribution in [3.05, 3.63) is 28.8 Å². The first-order valence-corrected chi connectivity index (χ1v) is 6.82. The minimum absolute atomic E-state index is 0.319. The number of thioether (sulfide) groups is 1. The summed E-state index contributed by atoms with van der Waals surface area (Å²) >= 11 is 7.46. The highest BCUT2D eigenvalue weighted by Gasteiger charge is 2.24. The second kappa shape index (κ2) is 6.11. The highest BCUT2D eigenvalue weighted by Crippen LogP contribution is 2.24. The summed E-state index contributed by atoms with van der Waals surface area (Å²) in [6.07, 6.45) is 1.89. The molecule has 0 saturated heterocycles. The Bertz CT molecular complexity index is 478. The normalized spacial score (nSPS) is 12.0. The van der Waals surface area contributed by atoms with Crippen molar-refractivity contribution in [3.8, 4) is 0 Å². The topological polar surface area (TPSA) is 57.6 Å². The molecule has 1 rings (SSSR count). The molecule has 1 atom stereocenters. The van der Waals surface area contributed by atoms with Crippen LogP contribution in [-0.4, -0.2) is 41.2 Å². The summed E-state index contributed by atoms with van der Waals surface area (Å²) in [7, 11) is 1.45. The first-order chi connectivity index (χ1) is 8.38. The predicted octanol–water partition coefficient (Wildman–Crippen LogP) is 2.61. The fourth-order valence-corrected chi connectivity index (χ4v) is 1.96. The van der Waals surface area contributed by atoms with E-state index in [-0.39, 0.29) is 0 Å². The van der Waals surface area contributed by atoms with Crippen LogP contribution < -0.4 is 0 Å². The summed E-state index contributed by atoms with van der Waals surface area (Å²) in [5.41, 5.74) is 0.319. The van der Waals surface area contributed by atoms with E-state index in [2.05, 4.69) is 0 Å². The second-order valence-electron chi connectivity index (χ2n) is 3.78. The fraction of sp³-hybridized carbons (Fsp3) is 0.333. The van der Waals surface area contributed by atoms with Crippen molar-refractivity contribution in [1.29, 1.82) is 0 Å². The van der Waals surface area contributed by atoms with Crippen LogP contribution in [0.1, 0.15) is 17.3 Å². The third kappa shape index (κ3) is 3.17. The lowest BCUT2D eigenvalue weighted by Gasteiger charge is -2.22. The number of carboxylic acids is 1. The number of hydrogen-bond donors (Lipinski definition) is 1. The first kappa shape index (κ1) is 14.9. The molecule has 0 heterocycles. The lowest BCUT2D eigenvalue weighted by molar-refractivity contribution is -0.141. The zero-order chi connectivity index (χ0) is 13.9. The number of nitrogens with zero attached hydrogens (tertiary/aromatic N) is 1. The average Bonchev–Trinajstić information content (AvgIpc) is 2.36. The van der Waals surface area contributed by atoms with Crippen molar-refractivity contribution < 1.29 is 14.7 Å². The molecule has 1 aromatic carbocycles. The number of carbonyl (C=O) groups excluding carboxylic acids is 1. The molecule has 0 radical (unpaired) electrons. The highest BCUT2D eigenvalue weighted by molar-refractivity contribution is 7.98. The van der Waals surface area contributed by atoms with Gasteiger partial charge < -0.3 is 10.0 Å². The Kier molecular flexibility index (Phi) is 5.04. The Morgan fingerprint density at radius 3 is 2.56 bits per heavy atom. The molecule has 98 valence electrons. The van der Waals surface area contributed by atoms with E-state index in [9.17, 15) is 9.59 Å². The lowest BCUT2D eigenvalue weighted by atomic mass is 10.1. The van der Waals surface area contributed by atoms with Gasteiger partial charge in [-0.05, 0) is 31.4 Å². The Labute approximate surface area is 115 Å². The number of benzene rings is 1. The molecule has 0 saturated carbocycles. The Morgan fingerprint density at radius 2 is 2.06 bits per heavy atom. The molecule has 0 aromatic heterocycles. The monoisotopic (exact) mass is 287 g/mol. The van der Waals surface area contributed by atoms with Gasteiger partial charge in [0.25, 0.3) is 5.91 Å². The number of likely N-dealkylation sites (N-methyl/N-ethyl adjacent to an activating group) is 1. The average molecular weight is 288 g/mol. The molecule has 4 nitrogen and oxygen atoms in total. The molecule has 0 aliphatic carbocycles. The van der Waals surface area contributed by atoms with Crippen LogP contribution >= 0.6 is 23.4 Å². The van der Waals surface area contributed by atoms with E-state index in [1.165, 1.54) is 25.7 Å². The number of carbonyl (C=O) groups is 2. The number of hydrogen-bond acceptors (Lipinski definition) is 3. The Morgan fingerprint density at radius 1 is 1.44 bits per heavy atom. The standard InChI is InChI=1S/C12H14ClNO3S/c1-7(12(16)17)14(2)11(15)9-6-8(18-3)4-5-10(9)13/h4-7H,1-3H3,(H,16,17). The molecule has 1 amide bonds. The molecule has 0 aliphatic heterocycles. The van der Waals surface area contributed by atoms with Crippen LogP contribution in [0.3, 0.4) is 0 Å². The largest absolute Gasteiger partial charge is 0.480 e. The minimum atomic E-state index is -1.05. The van der Waals surface area contributed by atoms with Gasteiger partial charge in [-0.25, -0.2) is 4.79 Å². The van der Waals surface area contributed by atoms with Crippen molar-refractivity contribution in [2.45, 2.75) is 17.9 Å². The SMILES string of the molecule is CSc1ccc(Cl)c(C(=O)N(C)C(C)C(=O)O)c1. The molecule has 6 heteroatoms. The molecule has 0 bridgehead atoms. The van der Waals surface area contributed by atoms with E-state index >= 15 is 0 Å². The number of carboxylic acid groups (broad SMARTS) is 1. The predicted molar refractivity (Wildman–Crippen MR) is 72.4 cm³/mol. The zero-order valence-electron chi connectivity index (χ0n) is 10.3. The fourth-order valence-electron chi connectivity index (χ4n) is 1.33. The third-order valence-electron chi connectivity index (χ3n) is 2.66. The van der Waals surface area contributed by atoms with Crippen LogP contribution in [0.25, 0.3) is 0 Å². The van der Waals surface area contributed by atoms with Crippen LogP contribution in [0.15, 0.2) is 23.1 Å². The summed E-state index contributed by atoms with van der Waals surface area (Å²) < 4.78 is 0. The molecule has 0 fully saturated rings. The summed E-state index contributed by atoms with van der Waals surface area (Å²) in [6, 6.07) is 4.22. The maximum atomic E-state index is 12.1. The zero-order valence-corrected chi connectivity index (χ0v) is 11.9. The molecule has 1 aromatic rings. The van der Waals surface area contributed by atoms with Gasteiger partial charge in [0, 0.05) is 11.9 Å². The summed E-state index contributed by atoms with van der Waals surface area (Å²) in [5, 5.41) is 9.21. The van der Waals surface area contributed by atoms with Crippen molar-refractivity contribution >= 4 is 35.2 Å². The highest BCUT2D eigenvalue weighted by atomic mass is 35.5. The first-order valence-electron chi connectivity index (χ1n) is 5.22. The van der Waals surface area contributed by atoms with E-state index in [4.69, 9.17) is 16.7 Å². The summed E-state index contributed by atoms with van der Waals surface area (Å²) in [6.45, 7) is 1.45. The van der Waals surface area contributed by atoms with E-state index in [0.29, 0.717) is 10.6 Å². The van der Waals surface area contributed by atoms with Crippen LogP contribution in [0.5, 0.6) is 0 Å². The third-order valence-corrected chi connectivity index (χ3v) is 3.72. The Hall–Kier alpha value is -1.20. The summed E-state index contributed by atoms with van der Waals surface area (Å²) in [4.78, 5) is 25.1. The number of rotatable bonds is 4. The van der Waals surface area contributed by atoms with Crippen LogP contribution in [0, 0.1) is 0 Å². The molecule has 1 N–H and O–H groups in total. The smallest absolute Gasteiger partial charge is 0.326 e. The lowest BCUT2D eigenvalue weighted by Crippen LogP contribution is -2.40. The molecular formula is C12H14ClNO3S. The molecule has 18 heavy (non-hydrogen) atoms. The van der Waals surface area contributed by atoms with Crippen molar-refractivity contribution in [2.24, 2.45) is 0 Å². The van der Waals surface area contributed by atoms with Crippen LogP contribution in [0.2, 0.25) is 5.02 Å². The van der Waals surface area contributed by atoms with Gasteiger partial charge in [0.1, 0.15) is 6.04 Å². The van der Waals surface area contributed by atoms with Gasteiger partial charge in [-0.15, -0.1) is 11.8 Å². The molecule has 0 aliphatic rings. The summed E-state index contributed by atoms with van der Waals surface area (Å²) in [5.74, 6) is -1.45. The molecular weight excluding hydrogens is 274 g/mol. The van der Waals surface area contributed by atoms with E-state index < -0.39 is 17.9 Å². The second-order valence-corrected chi connectivity index (χ2v) is 5.06. The van der Waals surface area contributed by atoms with Crippen LogP contribution in [-0.2, 0) is 4.79 Å². The van der Waals surface area contributed by atoms with Gasteiger partial charge in [0.2, 0.25) is 0 Å². The van der Waals surface area contributed by atoms with Crippen molar-refractivity contribution in [1.82, 2.24) is 4.90 Å². The number of amides is 1. The maximum Gasteiger partial charge on any atom is 0.326 e. The number of aliphatic carboxylic acids is 1. The van der Waals surface area contributed by atoms with Gasteiger partial charge in [0.15, 0.2) is 0 Å². The van der Waals surface area contributed by atoms with Gasteiger partial charge >= 0.3 is 5.97 Å². The van der Waals surface area contributed by atoms with E-state index in [1.54, 1.807) is 12.1 Å². The van der Waals surface area contributed by atoms with E-state index in [1.807, 2.05) is 12.3 Å². The van der Waals surface area contributed by atoms with Crippen molar-refractivity contribution in [3.63, 3.8) is 0 Å². The van der Waals surface area contributed by atoms with Crippen molar-refractivity contribution in [2.75, 3.05) is 13.3 Å². The maximum absolute atomic E-state index is 12.1. The van der Waals surface area contributed by atoms with Gasteiger partial charge in [0.05, 0.1) is 10.6 Å².